The lowest BCUT2D eigenvalue weighted by Gasteiger charge is -2.32. The normalized spacial score (nSPS) is 18.7. The fourth-order valence-electron chi connectivity index (χ4n) is 3.13. The summed E-state index contributed by atoms with van der Waals surface area (Å²) in [7, 11) is -3.55. The molecule has 0 aliphatic carbocycles. The minimum Gasteiger partial charge on any atom is -0.339 e. The van der Waals surface area contributed by atoms with E-state index in [-0.39, 0.29) is 11.5 Å². The van der Waals surface area contributed by atoms with Crippen molar-refractivity contribution in [1.29, 1.82) is 0 Å². The number of aromatic nitrogens is 2. The quantitative estimate of drug-likeness (QED) is 0.891. The fraction of sp³-hybridized carbons (Fsp3) is 0.474. The van der Waals surface area contributed by atoms with Gasteiger partial charge in [-0.3, -0.25) is 0 Å². The van der Waals surface area contributed by atoms with Gasteiger partial charge in [0.05, 0.1) is 4.90 Å². The lowest BCUT2D eigenvalue weighted by atomic mass is 9.87. The third-order valence-corrected chi connectivity index (χ3v) is 6.15. The first-order chi connectivity index (χ1) is 12.3. The highest BCUT2D eigenvalue weighted by atomic mass is 32.2. The number of piperidine rings is 1. The summed E-state index contributed by atoms with van der Waals surface area (Å²) in [6, 6.07) is 8.77. The van der Waals surface area contributed by atoms with Crippen LogP contribution in [0.4, 0.5) is 5.95 Å². The number of nitrogens with zero attached hydrogens (tertiary/aromatic N) is 3. The summed E-state index contributed by atoms with van der Waals surface area (Å²) in [5, 5.41) is 0. The van der Waals surface area contributed by atoms with Gasteiger partial charge in [0.15, 0.2) is 0 Å². The Labute approximate surface area is 155 Å². The molecular formula is C19H26N4O2S. The lowest BCUT2D eigenvalue weighted by molar-refractivity contribution is 0.461. The molecular weight excluding hydrogens is 348 g/mol. The second kappa shape index (κ2) is 7.32. The third-order valence-electron chi connectivity index (χ3n) is 4.61. The highest BCUT2D eigenvalue weighted by Gasteiger charge is 2.26. The monoisotopic (exact) mass is 374 g/mol. The van der Waals surface area contributed by atoms with E-state index in [1.54, 1.807) is 30.6 Å². The smallest absolute Gasteiger partial charge is 0.240 e. The molecule has 1 unspecified atom stereocenters. The van der Waals surface area contributed by atoms with Gasteiger partial charge in [-0.25, -0.2) is 23.1 Å². The number of hydrogen-bond acceptors (Lipinski definition) is 5. The van der Waals surface area contributed by atoms with Gasteiger partial charge < -0.3 is 4.90 Å². The van der Waals surface area contributed by atoms with Crippen LogP contribution in [0.15, 0.2) is 47.6 Å². The Morgan fingerprint density at radius 2 is 1.77 bits per heavy atom. The van der Waals surface area contributed by atoms with Gasteiger partial charge in [-0.1, -0.05) is 32.9 Å². The van der Waals surface area contributed by atoms with Crippen LogP contribution in [0.3, 0.4) is 0 Å². The molecule has 1 saturated heterocycles. The van der Waals surface area contributed by atoms with Gasteiger partial charge in [0.2, 0.25) is 16.0 Å². The van der Waals surface area contributed by atoms with Crippen molar-refractivity contribution in [3.8, 4) is 0 Å². The minimum atomic E-state index is -3.55. The van der Waals surface area contributed by atoms with Crippen LogP contribution in [-0.2, 0) is 15.4 Å². The van der Waals surface area contributed by atoms with E-state index in [9.17, 15) is 8.42 Å². The molecule has 0 radical (unpaired) electrons. The topological polar surface area (TPSA) is 75.2 Å². The van der Waals surface area contributed by atoms with Crippen molar-refractivity contribution in [2.45, 2.75) is 50.0 Å². The van der Waals surface area contributed by atoms with E-state index in [1.807, 2.05) is 17.0 Å². The van der Waals surface area contributed by atoms with Crippen molar-refractivity contribution >= 4 is 16.0 Å². The molecule has 1 N–H and O–H groups in total. The number of anilines is 1. The maximum absolute atomic E-state index is 12.7. The van der Waals surface area contributed by atoms with Gasteiger partial charge >= 0.3 is 0 Å². The molecule has 1 fully saturated rings. The molecule has 140 valence electrons. The van der Waals surface area contributed by atoms with Crippen molar-refractivity contribution < 1.29 is 8.42 Å². The molecule has 6 nitrogen and oxygen atoms in total. The maximum Gasteiger partial charge on any atom is 0.240 e. The standard InChI is InChI=1S/C19H26N4O2S/c1-19(2,3)15-7-9-17(10-8-15)26(24,25)22-16-6-4-13-23(14-16)18-20-11-5-12-21-18/h5,7-12,16,22H,4,6,13-14H2,1-3H3. The average Bonchev–Trinajstić information content (AvgIpc) is 2.62. The summed E-state index contributed by atoms with van der Waals surface area (Å²) >= 11 is 0. The van der Waals surface area contributed by atoms with Gasteiger partial charge in [0.25, 0.3) is 0 Å². The first kappa shape index (κ1) is 18.8. The van der Waals surface area contributed by atoms with Crippen molar-refractivity contribution in [2.75, 3.05) is 18.0 Å². The Morgan fingerprint density at radius 1 is 1.12 bits per heavy atom. The van der Waals surface area contributed by atoms with Gasteiger partial charge in [-0.2, -0.15) is 0 Å². The van der Waals surface area contributed by atoms with Gasteiger partial charge in [0.1, 0.15) is 0 Å². The molecule has 2 aromatic rings. The summed E-state index contributed by atoms with van der Waals surface area (Å²) in [6.45, 7) is 7.73. The van der Waals surface area contributed by atoms with Crippen LogP contribution in [0.25, 0.3) is 0 Å². The van der Waals surface area contributed by atoms with E-state index in [2.05, 4.69) is 35.5 Å². The van der Waals surface area contributed by atoms with Crippen molar-refractivity contribution in [3.63, 3.8) is 0 Å². The SMILES string of the molecule is CC(C)(C)c1ccc(S(=O)(=O)NC2CCCN(c3ncccn3)C2)cc1. The second-order valence-corrected chi connectivity index (χ2v) is 9.44. The van der Waals surface area contributed by atoms with Crippen LogP contribution < -0.4 is 9.62 Å². The Balaban J connectivity index is 1.71. The third kappa shape index (κ3) is 4.40. The Bertz CT molecular complexity index is 830. The molecule has 3 rings (SSSR count). The van der Waals surface area contributed by atoms with Crippen LogP contribution >= 0.6 is 0 Å². The summed E-state index contributed by atoms with van der Waals surface area (Å²) in [6.07, 6.45) is 5.11. The van der Waals surface area contributed by atoms with E-state index in [0.717, 1.165) is 24.9 Å². The molecule has 1 atom stereocenters. The van der Waals surface area contributed by atoms with E-state index >= 15 is 0 Å². The fourth-order valence-corrected chi connectivity index (χ4v) is 4.39. The number of benzene rings is 1. The number of sulfonamides is 1. The molecule has 0 saturated carbocycles. The Hall–Kier alpha value is -1.99. The highest BCUT2D eigenvalue weighted by molar-refractivity contribution is 7.89. The summed E-state index contributed by atoms with van der Waals surface area (Å²) in [4.78, 5) is 10.9. The molecule has 26 heavy (non-hydrogen) atoms. The van der Waals surface area contributed by atoms with E-state index in [4.69, 9.17) is 0 Å². The largest absolute Gasteiger partial charge is 0.339 e. The molecule has 1 aromatic carbocycles. The molecule has 1 aliphatic heterocycles. The van der Waals surface area contributed by atoms with Crippen LogP contribution in [0.1, 0.15) is 39.2 Å². The zero-order chi connectivity index (χ0) is 18.8. The molecule has 0 bridgehead atoms. The molecule has 7 heteroatoms. The molecule has 2 heterocycles. The Morgan fingerprint density at radius 3 is 2.38 bits per heavy atom. The van der Waals surface area contributed by atoms with Gasteiger partial charge in [-0.05, 0) is 42.0 Å². The summed E-state index contributed by atoms with van der Waals surface area (Å²) in [5.74, 6) is 0.644. The predicted octanol–water partition coefficient (Wildman–Crippen LogP) is 2.72. The second-order valence-electron chi connectivity index (χ2n) is 7.73. The van der Waals surface area contributed by atoms with Crippen molar-refractivity contribution in [3.05, 3.63) is 48.3 Å². The summed E-state index contributed by atoms with van der Waals surface area (Å²) < 4.78 is 28.3. The molecule has 0 amide bonds. The average molecular weight is 375 g/mol. The number of hydrogen-bond donors (Lipinski definition) is 1. The van der Waals surface area contributed by atoms with Gasteiger partial charge in [0, 0.05) is 31.5 Å². The first-order valence-electron chi connectivity index (χ1n) is 8.90. The zero-order valence-electron chi connectivity index (χ0n) is 15.5. The zero-order valence-corrected chi connectivity index (χ0v) is 16.3. The number of rotatable bonds is 4. The van der Waals surface area contributed by atoms with Crippen LogP contribution in [-0.4, -0.2) is 37.5 Å². The van der Waals surface area contributed by atoms with Crippen LogP contribution in [0, 0.1) is 0 Å². The lowest BCUT2D eigenvalue weighted by Crippen LogP contribution is -2.48. The highest BCUT2D eigenvalue weighted by Crippen LogP contribution is 2.24. The van der Waals surface area contributed by atoms with Crippen molar-refractivity contribution in [2.24, 2.45) is 0 Å². The number of nitrogens with one attached hydrogen (secondary N) is 1. The van der Waals surface area contributed by atoms with E-state index in [1.165, 1.54) is 0 Å². The van der Waals surface area contributed by atoms with Crippen LogP contribution in [0.5, 0.6) is 0 Å². The van der Waals surface area contributed by atoms with E-state index < -0.39 is 10.0 Å². The van der Waals surface area contributed by atoms with Crippen LogP contribution in [0.2, 0.25) is 0 Å². The molecule has 1 aromatic heterocycles. The Kier molecular flexibility index (Phi) is 5.29. The summed E-state index contributed by atoms with van der Waals surface area (Å²) in [5.41, 5.74) is 1.11. The maximum atomic E-state index is 12.7. The molecule has 0 spiro atoms. The van der Waals surface area contributed by atoms with E-state index in [0.29, 0.717) is 17.4 Å². The van der Waals surface area contributed by atoms with Crippen molar-refractivity contribution in [1.82, 2.24) is 14.7 Å². The predicted molar refractivity (Wildman–Crippen MR) is 103 cm³/mol. The first-order valence-corrected chi connectivity index (χ1v) is 10.4. The minimum absolute atomic E-state index is 0.00469. The van der Waals surface area contributed by atoms with Gasteiger partial charge in [-0.15, -0.1) is 0 Å². The molecule has 1 aliphatic rings.